The van der Waals surface area contributed by atoms with E-state index < -0.39 is 10.0 Å². The summed E-state index contributed by atoms with van der Waals surface area (Å²) < 4.78 is 25.2. The lowest BCUT2D eigenvalue weighted by atomic mass is 9.93. The fourth-order valence-electron chi connectivity index (χ4n) is 4.02. The zero-order valence-electron chi connectivity index (χ0n) is 13.7. The van der Waals surface area contributed by atoms with Crippen LogP contribution in [0.4, 0.5) is 0 Å². The molecule has 1 aliphatic heterocycles. The van der Waals surface area contributed by atoms with E-state index in [2.05, 4.69) is 0 Å². The molecule has 0 radical (unpaired) electrons. The van der Waals surface area contributed by atoms with Crippen LogP contribution < -0.4 is 5.73 Å². The Morgan fingerprint density at radius 2 is 1.86 bits per heavy atom. The first-order valence-corrected chi connectivity index (χ1v) is 10.2. The monoisotopic (exact) mass is 331 g/mol. The number of piperidine rings is 1. The SMILES string of the molecule is CCN(C1CCN(C(=O)[C@@H]2CCC[C@@H]2CN)CC1)S(C)(=O)=O. The quantitative estimate of drug-likeness (QED) is 0.801. The van der Waals surface area contributed by atoms with Crippen molar-refractivity contribution in [3.8, 4) is 0 Å². The Morgan fingerprint density at radius 3 is 2.36 bits per heavy atom. The number of hydrogen-bond acceptors (Lipinski definition) is 4. The minimum Gasteiger partial charge on any atom is -0.342 e. The highest BCUT2D eigenvalue weighted by atomic mass is 32.2. The largest absolute Gasteiger partial charge is 0.342 e. The lowest BCUT2D eigenvalue weighted by Gasteiger charge is -2.38. The maximum Gasteiger partial charge on any atom is 0.226 e. The highest BCUT2D eigenvalue weighted by Crippen LogP contribution is 2.33. The molecule has 2 rings (SSSR count). The van der Waals surface area contributed by atoms with Crippen LogP contribution in [0.25, 0.3) is 0 Å². The molecule has 7 heteroatoms. The summed E-state index contributed by atoms with van der Waals surface area (Å²) in [6.45, 7) is 4.26. The van der Waals surface area contributed by atoms with Crippen molar-refractivity contribution in [2.45, 2.75) is 45.1 Å². The van der Waals surface area contributed by atoms with Crippen LogP contribution in [0.5, 0.6) is 0 Å². The zero-order valence-corrected chi connectivity index (χ0v) is 14.5. The van der Waals surface area contributed by atoms with E-state index in [9.17, 15) is 13.2 Å². The van der Waals surface area contributed by atoms with Gasteiger partial charge < -0.3 is 10.6 Å². The van der Waals surface area contributed by atoms with E-state index in [4.69, 9.17) is 5.73 Å². The lowest BCUT2D eigenvalue weighted by Crippen LogP contribution is -2.50. The van der Waals surface area contributed by atoms with Gasteiger partial charge in [0.1, 0.15) is 0 Å². The normalized spacial score (nSPS) is 27.5. The molecular formula is C15H29N3O3S. The molecule has 1 saturated heterocycles. The Labute approximate surface area is 134 Å². The molecule has 0 unspecified atom stereocenters. The van der Waals surface area contributed by atoms with Crippen LogP contribution in [0, 0.1) is 11.8 Å². The van der Waals surface area contributed by atoms with E-state index in [-0.39, 0.29) is 17.9 Å². The number of nitrogens with two attached hydrogens (primary N) is 1. The van der Waals surface area contributed by atoms with Crippen molar-refractivity contribution >= 4 is 15.9 Å². The van der Waals surface area contributed by atoms with Gasteiger partial charge in [-0.1, -0.05) is 13.3 Å². The molecule has 0 aromatic carbocycles. The Kier molecular flexibility index (Phi) is 5.85. The summed E-state index contributed by atoms with van der Waals surface area (Å²) in [7, 11) is -3.17. The number of carbonyl (C=O) groups excluding carboxylic acids is 1. The topological polar surface area (TPSA) is 83.7 Å². The number of amides is 1. The molecule has 128 valence electrons. The van der Waals surface area contributed by atoms with Gasteiger partial charge in [-0.2, -0.15) is 4.31 Å². The van der Waals surface area contributed by atoms with Crippen LogP contribution >= 0.6 is 0 Å². The number of nitrogens with zero attached hydrogens (tertiary/aromatic N) is 2. The van der Waals surface area contributed by atoms with Crippen LogP contribution in [0.15, 0.2) is 0 Å². The van der Waals surface area contributed by atoms with E-state index in [0.717, 1.165) is 32.1 Å². The van der Waals surface area contributed by atoms with Crippen molar-refractivity contribution in [1.82, 2.24) is 9.21 Å². The lowest BCUT2D eigenvalue weighted by molar-refractivity contribution is -0.138. The maximum absolute atomic E-state index is 12.7. The average molecular weight is 331 g/mol. The summed E-state index contributed by atoms with van der Waals surface area (Å²) in [6.07, 6.45) is 5.82. The first-order chi connectivity index (χ1) is 10.4. The Hall–Kier alpha value is -0.660. The Balaban J connectivity index is 1.93. The van der Waals surface area contributed by atoms with Crippen molar-refractivity contribution < 1.29 is 13.2 Å². The van der Waals surface area contributed by atoms with Crippen molar-refractivity contribution in [3.63, 3.8) is 0 Å². The summed E-state index contributed by atoms with van der Waals surface area (Å²) in [6, 6.07) is 0.0259. The molecule has 1 saturated carbocycles. The van der Waals surface area contributed by atoms with Gasteiger partial charge in [-0.15, -0.1) is 0 Å². The molecular weight excluding hydrogens is 302 g/mol. The predicted octanol–water partition coefficient (Wildman–Crippen LogP) is 0.634. The third kappa shape index (κ3) is 3.81. The van der Waals surface area contributed by atoms with Gasteiger partial charge in [-0.05, 0) is 38.1 Å². The summed E-state index contributed by atoms with van der Waals surface area (Å²) in [4.78, 5) is 14.6. The second-order valence-corrected chi connectivity index (χ2v) is 8.49. The molecule has 0 aromatic heterocycles. The molecule has 0 spiro atoms. The number of likely N-dealkylation sites (tertiary alicyclic amines) is 1. The smallest absolute Gasteiger partial charge is 0.226 e. The first kappa shape index (κ1) is 17.7. The fraction of sp³-hybridized carbons (Fsp3) is 0.933. The number of hydrogen-bond donors (Lipinski definition) is 1. The van der Waals surface area contributed by atoms with Gasteiger partial charge >= 0.3 is 0 Å². The third-order valence-corrected chi connectivity index (χ3v) is 6.61. The maximum atomic E-state index is 12.7. The number of carbonyl (C=O) groups is 1. The second-order valence-electron chi connectivity index (χ2n) is 6.56. The summed E-state index contributed by atoms with van der Waals surface area (Å²) in [5.74, 6) is 0.640. The molecule has 1 heterocycles. The molecule has 1 amide bonds. The van der Waals surface area contributed by atoms with E-state index in [1.165, 1.54) is 6.26 Å². The van der Waals surface area contributed by atoms with Crippen molar-refractivity contribution in [1.29, 1.82) is 0 Å². The van der Waals surface area contributed by atoms with Crippen LogP contribution in [-0.2, 0) is 14.8 Å². The van der Waals surface area contributed by atoms with Gasteiger partial charge in [0.2, 0.25) is 15.9 Å². The second kappa shape index (κ2) is 7.27. The fourth-order valence-corrected chi connectivity index (χ4v) is 5.24. The van der Waals surface area contributed by atoms with E-state index in [1.54, 1.807) is 4.31 Å². The molecule has 2 aliphatic rings. The molecule has 2 atom stereocenters. The van der Waals surface area contributed by atoms with Gasteiger partial charge in [0.05, 0.1) is 6.26 Å². The number of sulfonamides is 1. The van der Waals surface area contributed by atoms with Crippen LogP contribution in [0.3, 0.4) is 0 Å². The third-order valence-electron chi connectivity index (χ3n) is 5.20. The van der Waals surface area contributed by atoms with Crippen molar-refractivity contribution in [3.05, 3.63) is 0 Å². The minimum atomic E-state index is -3.17. The first-order valence-electron chi connectivity index (χ1n) is 8.34. The Bertz CT molecular complexity index is 486. The molecule has 1 aliphatic carbocycles. The highest BCUT2D eigenvalue weighted by Gasteiger charge is 2.37. The van der Waals surface area contributed by atoms with Crippen LogP contribution in [0.2, 0.25) is 0 Å². The standard InChI is InChI=1S/C15H29N3O3S/c1-3-18(22(2,20)21)13-7-9-17(10-8-13)15(19)14-6-4-5-12(14)11-16/h12-14H,3-11,16H2,1-2H3/t12-,14-/m1/s1. The molecule has 22 heavy (non-hydrogen) atoms. The molecule has 6 nitrogen and oxygen atoms in total. The van der Waals surface area contributed by atoms with Gasteiger partial charge in [0, 0.05) is 31.6 Å². The summed E-state index contributed by atoms with van der Waals surface area (Å²) in [5, 5.41) is 0. The minimum absolute atomic E-state index is 0.0259. The molecule has 2 N–H and O–H groups in total. The van der Waals surface area contributed by atoms with E-state index >= 15 is 0 Å². The van der Waals surface area contributed by atoms with Crippen molar-refractivity contribution in [2.75, 3.05) is 32.4 Å². The zero-order chi connectivity index (χ0) is 16.3. The van der Waals surface area contributed by atoms with Crippen molar-refractivity contribution in [2.24, 2.45) is 17.6 Å². The van der Waals surface area contributed by atoms with Gasteiger partial charge in [-0.3, -0.25) is 4.79 Å². The molecule has 0 bridgehead atoms. The molecule has 0 aromatic rings. The average Bonchev–Trinajstić information content (AvgIpc) is 2.95. The predicted molar refractivity (Wildman–Crippen MR) is 86.7 cm³/mol. The van der Waals surface area contributed by atoms with E-state index in [0.29, 0.717) is 32.1 Å². The van der Waals surface area contributed by atoms with E-state index in [1.807, 2.05) is 11.8 Å². The molecule has 2 fully saturated rings. The Morgan fingerprint density at radius 1 is 1.23 bits per heavy atom. The summed E-state index contributed by atoms with van der Waals surface area (Å²) >= 11 is 0. The summed E-state index contributed by atoms with van der Waals surface area (Å²) in [5.41, 5.74) is 5.78. The highest BCUT2D eigenvalue weighted by molar-refractivity contribution is 7.88. The van der Waals surface area contributed by atoms with Gasteiger partial charge in [0.25, 0.3) is 0 Å². The van der Waals surface area contributed by atoms with Gasteiger partial charge in [0.15, 0.2) is 0 Å². The van der Waals surface area contributed by atoms with Gasteiger partial charge in [-0.25, -0.2) is 8.42 Å². The van der Waals surface area contributed by atoms with Crippen LogP contribution in [-0.4, -0.2) is 62.0 Å². The van der Waals surface area contributed by atoms with Crippen LogP contribution in [0.1, 0.15) is 39.0 Å². The number of rotatable bonds is 5.